The first-order valence-electron chi connectivity index (χ1n) is 7.43. The highest BCUT2D eigenvalue weighted by atomic mass is 16.5. The Labute approximate surface area is 143 Å². The number of fused-ring (bicyclic) bond motifs is 2. The van der Waals surface area contributed by atoms with E-state index in [1.807, 2.05) is 24.3 Å². The second kappa shape index (κ2) is 6.88. The molecule has 0 unspecified atom stereocenters. The van der Waals surface area contributed by atoms with Crippen molar-refractivity contribution in [1.82, 2.24) is 4.98 Å². The van der Waals surface area contributed by atoms with Crippen LogP contribution >= 0.6 is 0 Å². The van der Waals surface area contributed by atoms with Gasteiger partial charge >= 0.3 is 5.97 Å². The number of hydrogen-bond acceptors (Lipinski definition) is 5. The molecule has 0 atom stereocenters. The number of nitrogen functional groups attached to an aromatic ring is 1. The van der Waals surface area contributed by atoms with Crippen molar-refractivity contribution in [2.45, 2.75) is 0 Å². The highest BCUT2D eigenvalue weighted by Crippen LogP contribution is 2.28. The number of amides is 1. The first-order chi connectivity index (χ1) is 12.0. The van der Waals surface area contributed by atoms with Crippen LogP contribution in [-0.2, 0) is 4.79 Å². The molecule has 0 saturated heterocycles. The van der Waals surface area contributed by atoms with Crippen molar-refractivity contribution in [1.29, 1.82) is 0 Å². The van der Waals surface area contributed by atoms with E-state index in [2.05, 4.69) is 10.3 Å². The predicted molar refractivity (Wildman–Crippen MR) is 93.7 cm³/mol. The van der Waals surface area contributed by atoms with E-state index in [0.29, 0.717) is 17.1 Å². The van der Waals surface area contributed by atoms with Crippen molar-refractivity contribution in [3.63, 3.8) is 0 Å². The molecule has 1 amide bonds. The first-order valence-corrected chi connectivity index (χ1v) is 7.43. The zero-order valence-corrected chi connectivity index (χ0v) is 13.1. The van der Waals surface area contributed by atoms with Crippen LogP contribution in [-0.4, -0.2) is 28.6 Å². The SMILES string of the molecule is Nc1ccc2c(c1)NC(=O)CO2.O=C(O)c1cnc2ccccc2c1. The fourth-order valence-electron chi connectivity index (χ4n) is 2.29. The molecule has 0 aliphatic carbocycles. The quantitative estimate of drug-likeness (QED) is 0.588. The molecular formula is C18H15N3O4. The van der Waals surface area contributed by atoms with E-state index in [0.717, 1.165) is 10.9 Å². The van der Waals surface area contributed by atoms with Gasteiger partial charge in [0.05, 0.1) is 16.8 Å². The number of ether oxygens (including phenoxy) is 1. The largest absolute Gasteiger partial charge is 0.482 e. The molecule has 0 spiro atoms. The van der Waals surface area contributed by atoms with Crippen LogP contribution < -0.4 is 15.8 Å². The number of carbonyl (C=O) groups is 2. The van der Waals surface area contributed by atoms with E-state index in [-0.39, 0.29) is 18.1 Å². The van der Waals surface area contributed by atoms with Crippen molar-refractivity contribution in [3.05, 3.63) is 60.3 Å². The third-order valence-corrected chi connectivity index (χ3v) is 3.47. The molecule has 2 heterocycles. The number of anilines is 2. The topological polar surface area (TPSA) is 115 Å². The Morgan fingerprint density at radius 3 is 2.80 bits per heavy atom. The van der Waals surface area contributed by atoms with Crippen LogP contribution in [0.2, 0.25) is 0 Å². The Balaban J connectivity index is 0.000000146. The summed E-state index contributed by atoms with van der Waals surface area (Å²) in [4.78, 5) is 25.5. The van der Waals surface area contributed by atoms with Gasteiger partial charge in [0.15, 0.2) is 6.61 Å². The zero-order chi connectivity index (χ0) is 17.8. The standard InChI is InChI=1S/C10H7NO2.C8H8N2O2/c12-10(13)8-5-7-3-1-2-4-9(7)11-6-8;9-5-1-2-7-6(3-5)10-8(11)4-12-7/h1-6H,(H,12,13);1-3H,4,9H2,(H,10,11). The van der Waals surface area contributed by atoms with Gasteiger partial charge in [0.25, 0.3) is 5.91 Å². The molecule has 0 fully saturated rings. The summed E-state index contributed by atoms with van der Waals surface area (Å²) < 4.78 is 5.12. The Bertz CT molecular complexity index is 956. The van der Waals surface area contributed by atoms with E-state index in [1.54, 1.807) is 24.3 Å². The maximum atomic E-state index is 10.9. The molecule has 0 saturated carbocycles. The minimum absolute atomic E-state index is 0.0803. The van der Waals surface area contributed by atoms with E-state index in [4.69, 9.17) is 15.6 Å². The van der Waals surface area contributed by atoms with E-state index in [1.165, 1.54) is 6.20 Å². The average molecular weight is 337 g/mol. The third kappa shape index (κ3) is 3.84. The summed E-state index contributed by atoms with van der Waals surface area (Å²) in [5, 5.41) is 12.2. The first kappa shape index (κ1) is 16.3. The molecule has 0 bridgehead atoms. The molecular weight excluding hydrogens is 322 g/mol. The molecule has 25 heavy (non-hydrogen) atoms. The van der Waals surface area contributed by atoms with Crippen LogP contribution in [0.5, 0.6) is 5.75 Å². The number of carboxylic acid groups (broad SMARTS) is 1. The predicted octanol–water partition coefficient (Wildman–Crippen LogP) is 2.53. The second-order valence-electron chi connectivity index (χ2n) is 5.31. The molecule has 3 aromatic rings. The smallest absolute Gasteiger partial charge is 0.337 e. The number of aromatic carboxylic acids is 1. The Morgan fingerprint density at radius 2 is 2.00 bits per heavy atom. The number of nitrogens with zero attached hydrogens (tertiary/aromatic N) is 1. The Hall–Kier alpha value is -3.61. The summed E-state index contributed by atoms with van der Waals surface area (Å²) in [5.74, 6) is -0.421. The van der Waals surface area contributed by atoms with Gasteiger partial charge in [0, 0.05) is 17.3 Å². The molecule has 7 nitrogen and oxygen atoms in total. The molecule has 4 rings (SSSR count). The number of carbonyl (C=O) groups excluding carboxylic acids is 1. The second-order valence-corrected chi connectivity index (χ2v) is 5.31. The van der Waals surface area contributed by atoms with Crippen molar-refractivity contribution >= 4 is 34.2 Å². The van der Waals surface area contributed by atoms with Gasteiger partial charge in [-0.25, -0.2) is 4.79 Å². The van der Waals surface area contributed by atoms with Crippen LogP contribution in [0, 0.1) is 0 Å². The number of carboxylic acids is 1. The normalized spacial score (nSPS) is 12.2. The van der Waals surface area contributed by atoms with Gasteiger partial charge in [-0.05, 0) is 30.3 Å². The molecule has 0 radical (unpaired) electrons. The molecule has 126 valence electrons. The van der Waals surface area contributed by atoms with E-state index < -0.39 is 5.97 Å². The Morgan fingerprint density at radius 1 is 1.20 bits per heavy atom. The van der Waals surface area contributed by atoms with Crippen LogP contribution in [0.15, 0.2) is 54.7 Å². The van der Waals surface area contributed by atoms with Crippen molar-refractivity contribution in [2.24, 2.45) is 0 Å². The number of hydrogen-bond donors (Lipinski definition) is 3. The summed E-state index contributed by atoms with van der Waals surface area (Å²) in [7, 11) is 0. The number of para-hydroxylation sites is 1. The van der Waals surface area contributed by atoms with Crippen molar-refractivity contribution in [3.8, 4) is 5.75 Å². The van der Waals surface area contributed by atoms with Gasteiger partial charge in [0.1, 0.15) is 5.75 Å². The monoisotopic (exact) mass is 337 g/mol. The molecule has 1 aromatic heterocycles. The summed E-state index contributed by atoms with van der Waals surface area (Å²) in [6, 6.07) is 14.2. The van der Waals surface area contributed by atoms with Gasteiger partial charge in [0.2, 0.25) is 0 Å². The van der Waals surface area contributed by atoms with Gasteiger partial charge in [-0.3, -0.25) is 9.78 Å². The van der Waals surface area contributed by atoms with Gasteiger partial charge < -0.3 is 20.9 Å². The number of pyridine rings is 1. The molecule has 2 aromatic carbocycles. The summed E-state index contributed by atoms with van der Waals surface area (Å²) in [6.45, 7) is 0.0803. The lowest BCUT2D eigenvalue weighted by atomic mass is 10.2. The van der Waals surface area contributed by atoms with Crippen molar-refractivity contribution < 1.29 is 19.4 Å². The number of nitrogens with two attached hydrogens (primary N) is 1. The minimum atomic E-state index is -0.946. The Kier molecular flexibility index (Phi) is 4.47. The van der Waals surface area contributed by atoms with E-state index in [9.17, 15) is 9.59 Å². The molecule has 7 heteroatoms. The fourth-order valence-corrected chi connectivity index (χ4v) is 2.29. The maximum absolute atomic E-state index is 10.9. The summed E-state index contributed by atoms with van der Waals surface area (Å²) in [6.07, 6.45) is 1.37. The highest BCUT2D eigenvalue weighted by Gasteiger charge is 2.14. The summed E-state index contributed by atoms with van der Waals surface area (Å²) in [5.41, 5.74) is 7.81. The number of aromatic nitrogens is 1. The lowest BCUT2D eigenvalue weighted by molar-refractivity contribution is -0.118. The van der Waals surface area contributed by atoms with Crippen molar-refractivity contribution in [2.75, 3.05) is 17.7 Å². The van der Waals surface area contributed by atoms with Gasteiger partial charge in [-0.15, -0.1) is 0 Å². The van der Waals surface area contributed by atoms with Gasteiger partial charge in [-0.2, -0.15) is 0 Å². The molecule has 1 aliphatic heterocycles. The van der Waals surface area contributed by atoms with E-state index >= 15 is 0 Å². The lowest BCUT2D eigenvalue weighted by Gasteiger charge is -2.17. The zero-order valence-electron chi connectivity index (χ0n) is 13.1. The number of benzene rings is 2. The number of nitrogens with one attached hydrogen (secondary N) is 1. The molecule has 1 aliphatic rings. The molecule has 4 N–H and O–H groups in total. The number of rotatable bonds is 1. The average Bonchev–Trinajstić information content (AvgIpc) is 2.61. The maximum Gasteiger partial charge on any atom is 0.337 e. The highest BCUT2D eigenvalue weighted by molar-refractivity contribution is 5.96. The van der Waals surface area contributed by atoms with Crippen LogP contribution in [0.3, 0.4) is 0 Å². The third-order valence-electron chi connectivity index (χ3n) is 3.47. The van der Waals surface area contributed by atoms with Crippen LogP contribution in [0.25, 0.3) is 10.9 Å². The summed E-state index contributed by atoms with van der Waals surface area (Å²) >= 11 is 0. The van der Waals surface area contributed by atoms with Gasteiger partial charge in [-0.1, -0.05) is 18.2 Å². The minimum Gasteiger partial charge on any atom is -0.482 e. The fraction of sp³-hybridized carbons (Fsp3) is 0.0556. The lowest BCUT2D eigenvalue weighted by Crippen LogP contribution is -2.25. The van der Waals surface area contributed by atoms with Crippen LogP contribution in [0.1, 0.15) is 10.4 Å². The van der Waals surface area contributed by atoms with Crippen LogP contribution in [0.4, 0.5) is 11.4 Å².